The number of fused-ring (bicyclic) bond motifs is 2. The zero-order chi connectivity index (χ0) is 8.73. The zero-order valence-corrected chi connectivity index (χ0v) is 7.69. The minimum Gasteiger partial charge on any atom is -0.336 e. The van der Waals surface area contributed by atoms with E-state index in [2.05, 4.69) is 19.8 Å². The van der Waals surface area contributed by atoms with Crippen molar-refractivity contribution in [2.45, 2.75) is 18.4 Å². The second-order valence-electron chi connectivity index (χ2n) is 4.17. The van der Waals surface area contributed by atoms with Gasteiger partial charge in [-0.3, -0.25) is 4.99 Å². The molecule has 0 aromatic heterocycles. The molecule has 0 aliphatic carbocycles. The highest BCUT2D eigenvalue weighted by molar-refractivity contribution is 5.73. The summed E-state index contributed by atoms with van der Waals surface area (Å²) < 4.78 is 0. The molecule has 2 bridgehead atoms. The topological polar surface area (TPSA) is 31.2 Å². The molecule has 0 aromatic carbocycles. The summed E-state index contributed by atoms with van der Waals surface area (Å²) in [5, 5.41) is 0. The van der Waals surface area contributed by atoms with Gasteiger partial charge in [0.1, 0.15) is 13.0 Å². The van der Waals surface area contributed by atoms with Gasteiger partial charge < -0.3 is 9.80 Å². The molecule has 0 radical (unpaired) electrons. The lowest BCUT2D eigenvalue weighted by Crippen LogP contribution is -2.48. The predicted octanol–water partition coefficient (Wildman–Crippen LogP) is 0.164. The molecule has 0 aromatic rings. The molecule has 2 fully saturated rings. The summed E-state index contributed by atoms with van der Waals surface area (Å²) in [6.07, 6.45) is 6.18. The lowest BCUT2D eigenvalue weighted by atomic mass is 9.94. The van der Waals surface area contributed by atoms with Crippen molar-refractivity contribution in [1.29, 1.82) is 0 Å². The molecule has 0 N–H and O–H groups in total. The van der Waals surface area contributed by atoms with Crippen LogP contribution in [-0.2, 0) is 0 Å². The van der Waals surface area contributed by atoms with Crippen LogP contribution in [0, 0.1) is 0 Å². The standard InChI is InChI=1S/C9H14N4/c1-3-12-4-2-9(1,5-12)13-7-10-6-11-8-13/h6-7H,1-5,8H2. The summed E-state index contributed by atoms with van der Waals surface area (Å²) in [7, 11) is 0. The molecule has 0 amide bonds. The van der Waals surface area contributed by atoms with Gasteiger partial charge in [-0.25, -0.2) is 4.99 Å². The summed E-state index contributed by atoms with van der Waals surface area (Å²) in [6, 6.07) is 0. The van der Waals surface area contributed by atoms with E-state index in [0.29, 0.717) is 5.54 Å². The van der Waals surface area contributed by atoms with Crippen LogP contribution in [0.5, 0.6) is 0 Å². The normalized spacial score (nSPS) is 41.8. The Bertz CT molecular complexity index is 263. The molecule has 3 rings (SSSR count). The van der Waals surface area contributed by atoms with E-state index in [-0.39, 0.29) is 0 Å². The van der Waals surface area contributed by atoms with Gasteiger partial charge in [-0.1, -0.05) is 0 Å². The van der Waals surface area contributed by atoms with Crippen LogP contribution >= 0.6 is 0 Å². The third kappa shape index (κ3) is 1.01. The first-order chi connectivity index (χ1) is 6.39. The molecule has 3 heterocycles. The van der Waals surface area contributed by atoms with Crippen molar-refractivity contribution in [2.75, 3.05) is 26.3 Å². The Balaban J connectivity index is 1.83. The van der Waals surface area contributed by atoms with Crippen LogP contribution in [0.2, 0.25) is 0 Å². The molecule has 4 heteroatoms. The first kappa shape index (κ1) is 7.50. The number of aliphatic imine (C=N–C) groups is 2. The quantitative estimate of drug-likeness (QED) is 0.573. The van der Waals surface area contributed by atoms with Crippen LogP contribution in [0.4, 0.5) is 0 Å². The average Bonchev–Trinajstić information content (AvgIpc) is 2.80. The van der Waals surface area contributed by atoms with Crippen LogP contribution in [0.15, 0.2) is 9.98 Å². The first-order valence-corrected chi connectivity index (χ1v) is 4.90. The molecule has 70 valence electrons. The highest BCUT2D eigenvalue weighted by atomic mass is 15.4. The van der Waals surface area contributed by atoms with E-state index in [1.54, 1.807) is 6.34 Å². The van der Waals surface area contributed by atoms with Gasteiger partial charge >= 0.3 is 0 Å². The van der Waals surface area contributed by atoms with Crippen LogP contribution < -0.4 is 0 Å². The summed E-state index contributed by atoms with van der Waals surface area (Å²) >= 11 is 0. The molecular weight excluding hydrogens is 164 g/mol. The second-order valence-corrected chi connectivity index (χ2v) is 4.17. The van der Waals surface area contributed by atoms with Crippen molar-refractivity contribution in [1.82, 2.24) is 9.80 Å². The predicted molar refractivity (Wildman–Crippen MR) is 52.1 cm³/mol. The Morgan fingerprint density at radius 1 is 1.23 bits per heavy atom. The largest absolute Gasteiger partial charge is 0.336 e. The SMILES string of the molecule is C1=NC=NCN1C12CCN(CC1)C2. The molecule has 3 aliphatic heterocycles. The van der Waals surface area contributed by atoms with Gasteiger partial charge in [0.15, 0.2) is 0 Å². The van der Waals surface area contributed by atoms with Gasteiger partial charge in [-0.15, -0.1) is 0 Å². The fraction of sp³-hybridized carbons (Fsp3) is 0.778. The molecule has 0 atom stereocenters. The minimum atomic E-state index is 0.376. The van der Waals surface area contributed by atoms with E-state index in [0.717, 1.165) is 6.67 Å². The number of nitrogens with zero attached hydrogens (tertiary/aromatic N) is 4. The number of hydrogen-bond acceptors (Lipinski definition) is 4. The molecule has 3 aliphatic rings. The third-order valence-corrected chi connectivity index (χ3v) is 3.50. The average molecular weight is 178 g/mol. The second kappa shape index (κ2) is 2.54. The lowest BCUT2D eigenvalue weighted by Gasteiger charge is -2.37. The number of rotatable bonds is 1. The highest BCUT2D eigenvalue weighted by Crippen LogP contribution is 2.36. The Kier molecular flexibility index (Phi) is 1.47. The van der Waals surface area contributed by atoms with Crippen molar-refractivity contribution in [3.8, 4) is 0 Å². The van der Waals surface area contributed by atoms with Crippen LogP contribution in [0.1, 0.15) is 12.8 Å². The summed E-state index contributed by atoms with van der Waals surface area (Å²) in [5.41, 5.74) is 0.376. The highest BCUT2D eigenvalue weighted by Gasteiger charge is 2.47. The van der Waals surface area contributed by atoms with Gasteiger partial charge in [0.05, 0.1) is 11.9 Å². The van der Waals surface area contributed by atoms with Crippen molar-refractivity contribution < 1.29 is 0 Å². The molecule has 2 saturated heterocycles. The van der Waals surface area contributed by atoms with E-state index in [4.69, 9.17) is 0 Å². The van der Waals surface area contributed by atoms with Gasteiger partial charge in [-0.2, -0.15) is 0 Å². The maximum absolute atomic E-state index is 4.20. The van der Waals surface area contributed by atoms with Gasteiger partial charge in [0.2, 0.25) is 0 Å². The first-order valence-electron chi connectivity index (χ1n) is 4.90. The summed E-state index contributed by atoms with van der Waals surface area (Å²) in [6.45, 7) is 4.54. The smallest absolute Gasteiger partial charge is 0.113 e. The van der Waals surface area contributed by atoms with Crippen molar-refractivity contribution in [2.24, 2.45) is 9.98 Å². The van der Waals surface area contributed by atoms with Gasteiger partial charge in [-0.05, 0) is 12.8 Å². The van der Waals surface area contributed by atoms with E-state index < -0.39 is 0 Å². The minimum absolute atomic E-state index is 0.376. The summed E-state index contributed by atoms with van der Waals surface area (Å²) in [5.74, 6) is 0. The summed E-state index contributed by atoms with van der Waals surface area (Å²) in [4.78, 5) is 13.2. The Labute approximate surface area is 78.0 Å². The zero-order valence-electron chi connectivity index (χ0n) is 7.69. The molecule has 13 heavy (non-hydrogen) atoms. The number of piperidine rings is 1. The van der Waals surface area contributed by atoms with Crippen molar-refractivity contribution in [3.63, 3.8) is 0 Å². The molecular formula is C9H14N4. The van der Waals surface area contributed by atoms with Crippen molar-refractivity contribution >= 4 is 12.7 Å². The van der Waals surface area contributed by atoms with Crippen LogP contribution in [-0.4, -0.2) is 54.3 Å². The van der Waals surface area contributed by atoms with Crippen LogP contribution in [0.3, 0.4) is 0 Å². The maximum Gasteiger partial charge on any atom is 0.113 e. The van der Waals surface area contributed by atoms with Gasteiger partial charge in [0, 0.05) is 19.6 Å². The Morgan fingerprint density at radius 2 is 2.08 bits per heavy atom. The maximum atomic E-state index is 4.20. The monoisotopic (exact) mass is 178 g/mol. The van der Waals surface area contributed by atoms with E-state index >= 15 is 0 Å². The molecule has 0 saturated carbocycles. The molecule has 0 unspecified atom stereocenters. The Hall–Kier alpha value is -0.900. The van der Waals surface area contributed by atoms with Crippen LogP contribution in [0.25, 0.3) is 0 Å². The van der Waals surface area contributed by atoms with Crippen molar-refractivity contribution in [3.05, 3.63) is 0 Å². The van der Waals surface area contributed by atoms with E-state index in [9.17, 15) is 0 Å². The lowest BCUT2D eigenvalue weighted by molar-refractivity contribution is 0.207. The Morgan fingerprint density at radius 3 is 2.62 bits per heavy atom. The fourth-order valence-corrected chi connectivity index (χ4v) is 2.67. The molecule has 4 nitrogen and oxygen atoms in total. The van der Waals surface area contributed by atoms with E-state index in [1.165, 1.54) is 32.5 Å². The third-order valence-electron chi connectivity index (χ3n) is 3.50. The fourth-order valence-electron chi connectivity index (χ4n) is 2.67. The van der Waals surface area contributed by atoms with Gasteiger partial charge in [0.25, 0.3) is 0 Å². The van der Waals surface area contributed by atoms with E-state index in [1.807, 2.05) is 6.34 Å². The number of hydrogen-bond donors (Lipinski definition) is 0. The molecule has 0 spiro atoms.